The highest BCUT2D eigenvalue weighted by atomic mass is 15.3. The second kappa shape index (κ2) is 7.77. The van der Waals surface area contributed by atoms with Crippen molar-refractivity contribution in [2.45, 2.75) is 58.9 Å². The molecular weight excluding hydrogens is 246 g/mol. The summed E-state index contributed by atoms with van der Waals surface area (Å²) in [5.74, 6) is 0. The number of likely N-dealkylation sites (tertiary alicyclic amines) is 2. The van der Waals surface area contributed by atoms with E-state index in [9.17, 15) is 0 Å². The van der Waals surface area contributed by atoms with Crippen molar-refractivity contribution in [1.29, 1.82) is 0 Å². The van der Waals surface area contributed by atoms with Gasteiger partial charge in [-0.1, -0.05) is 27.2 Å². The van der Waals surface area contributed by atoms with Gasteiger partial charge in [0, 0.05) is 25.7 Å². The van der Waals surface area contributed by atoms with Gasteiger partial charge in [0.2, 0.25) is 0 Å². The van der Waals surface area contributed by atoms with Crippen LogP contribution in [0.4, 0.5) is 0 Å². The Bertz CT molecular complexity index is 275. The second-order valence-corrected chi connectivity index (χ2v) is 7.22. The molecule has 0 aromatic carbocycles. The van der Waals surface area contributed by atoms with Crippen molar-refractivity contribution in [1.82, 2.24) is 15.1 Å². The van der Waals surface area contributed by atoms with Crippen LogP contribution in [0.25, 0.3) is 0 Å². The fourth-order valence-corrected chi connectivity index (χ4v) is 3.80. The SMILES string of the molecule is CCNCC(C)(CC)CN1CCC(N2CCCCC2)C1. The van der Waals surface area contributed by atoms with Gasteiger partial charge in [0.1, 0.15) is 0 Å². The van der Waals surface area contributed by atoms with E-state index in [2.05, 4.69) is 35.9 Å². The standard InChI is InChI=1S/C17H35N3/c1-4-17(3,14-18-5-2)15-19-12-9-16(13-19)20-10-7-6-8-11-20/h16,18H,4-15H2,1-3H3. The van der Waals surface area contributed by atoms with E-state index in [4.69, 9.17) is 0 Å². The van der Waals surface area contributed by atoms with Gasteiger partial charge in [0.25, 0.3) is 0 Å². The summed E-state index contributed by atoms with van der Waals surface area (Å²) in [5.41, 5.74) is 0.437. The average molecular weight is 281 g/mol. The first-order valence-corrected chi connectivity index (χ1v) is 8.84. The van der Waals surface area contributed by atoms with E-state index in [0.717, 1.165) is 19.1 Å². The molecule has 0 amide bonds. The smallest absolute Gasteiger partial charge is 0.0235 e. The predicted octanol–water partition coefficient (Wildman–Crippen LogP) is 2.57. The highest BCUT2D eigenvalue weighted by Gasteiger charge is 2.32. The third kappa shape index (κ3) is 4.44. The average Bonchev–Trinajstić information content (AvgIpc) is 2.94. The van der Waals surface area contributed by atoms with Gasteiger partial charge in [-0.3, -0.25) is 4.90 Å². The van der Waals surface area contributed by atoms with Crippen LogP contribution in [0.5, 0.6) is 0 Å². The molecule has 2 atom stereocenters. The van der Waals surface area contributed by atoms with Crippen LogP contribution in [0.15, 0.2) is 0 Å². The number of nitrogens with one attached hydrogen (secondary N) is 1. The van der Waals surface area contributed by atoms with Gasteiger partial charge in [-0.25, -0.2) is 0 Å². The van der Waals surface area contributed by atoms with E-state index >= 15 is 0 Å². The van der Waals surface area contributed by atoms with Crippen LogP contribution in [-0.2, 0) is 0 Å². The molecule has 0 aromatic heterocycles. The quantitative estimate of drug-likeness (QED) is 0.774. The number of piperidine rings is 1. The third-order valence-electron chi connectivity index (χ3n) is 5.42. The number of hydrogen-bond acceptors (Lipinski definition) is 3. The third-order valence-corrected chi connectivity index (χ3v) is 5.42. The summed E-state index contributed by atoms with van der Waals surface area (Å²) >= 11 is 0. The Hall–Kier alpha value is -0.120. The molecule has 1 N–H and O–H groups in total. The zero-order chi connectivity index (χ0) is 14.4. The summed E-state index contributed by atoms with van der Waals surface area (Å²) < 4.78 is 0. The van der Waals surface area contributed by atoms with E-state index in [1.807, 2.05) is 0 Å². The van der Waals surface area contributed by atoms with Crippen molar-refractivity contribution in [3.8, 4) is 0 Å². The van der Waals surface area contributed by atoms with Crippen molar-refractivity contribution >= 4 is 0 Å². The zero-order valence-electron chi connectivity index (χ0n) is 14.0. The highest BCUT2D eigenvalue weighted by molar-refractivity contribution is 4.88. The minimum Gasteiger partial charge on any atom is -0.316 e. The molecule has 0 radical (unpaired) electrons. The van der Waals surface area contributed by atoms with Crippen molar-refractivity contribution in [2.75, 3.05) is 45.8 Å². The topological polar surface area (TPSA) is 18.5 Å². The predicted molar refractivity (Wildman–Crippen MR) is 87.2 cm³/mol. The molecule has 3 nitrogen and oxygen atoms in total. The van der Waals surface area contributed by atoms with Crippen molar-refractivity contribution < 1.29 is 0 Å². The Kier molecular flexibility index (Phi) is 6.31. The molecular formula is C17H35N3. The van der Waals surface area contributed by atoms with E-state index < -0.39 is 0 Å². The van der Waals surface area contributed by atoms with Crippen molar-refractivity contribution in [3.05, 3.63) is 0 Å². The van der Waals surface area contributed by atoms with E-state index in [0.29, 0.717) is 5.41 Å². The maximum atomic E-state index is 3.55. The van der Waals surface area contributed by atoms with Gasteiger partial charge in [-0.15, -0.1) is 0 Å². The molecule has 2 rings (SSSR count). The molecule has 0 bridgehead atoms. The normalized spacial score (nSPS) is 28.6. The fourth-order valence-electron chi connectivity index (χ4n) is 3.80. The summed E-state index contributed by atoms with van der Waals surface area (Å²) in [6.45, 7) is 15.8. The second-order valence-electron chi connectivity index (χ2n) is 7.22. The van der Waals surface area contributed by atoms with Gasteiger partial charge >= 0.3 is 0 Å². The molecule has 2 aliphatic heterocycles. The summed E-state index contributed by atoms with van der Waals surface area (Å²) in [5, 5.41) is 3.55. The molecule has 0 aromatic rings. The summed E-state index contributed by atoms with van der Waals surface area (Å²) in [6.07, 6.45) is 6.95. The lowest BCUT2D eigenvalue weighted by Crippen LogP contribution is -2.44. The molecule has 118 valence electrons. The van der Waals surface area contributed by atoms with Crippen LogP contribution in [0.1, 0.15) is 52.9 Å². The molecule has 2 saturated heterocycles. The van der Waals surface area contributed by atoms with Crippen LogP contribution >= 0.6 is 0 Å². The minimum atomic E-state index is 0.437. The van der Waals surface area contributed by atoms with Gasteiger partial charge in [-0.05, 0) is 57.3 Å². The Balaban J connectivity index is 1.79. The van der Waals surface area contributed by atoms with Crippen LogP contribution in [0.3, 0.4) is 0 Å². The molecule has 20 heavy (non-hydrogen) atoms. The summed E-state index contributed by atoms with van der Waals surface area (Å²) in [6, 6.07) is 0.843. The molecule has 2 heterocycles. The largest absolute Gasteiger partial charge is 0.316 e. The molecule has 2 aliphatic rings. The maximum absolute atomic E-state index is 3.55. The van der Waals surface area contributed by atoms with E-state index in [-0.39, 0.29) is 0 Å². The number of hydrogen-bond donors (Lipinski definition) is 1. The van der Waals surface area contributed by atoms with Gasteiger partial charge in [0.15, 0.2) is 0 Å². The summed E-state index contributed by atoms with van der Waals surface area (Å²) in [4.78, 5) is 5.48. The molecule has 0 aliphatic carbocycles. The first-order chi connectivity index (χ1) is 9.67. The monoisotopic (exact) mass is 281 g/mol. The highest BCUT2D eigenvalue weighted by Crippen LogP contribution is 2.26. The van der Waals surface area contributed by atoms with Crippen LogP contribution in [0, 0.1) is 5.41 Å². The Morgan fingerprint density at radius 2 is 1.85 bits per heavy atom. The zero-order valence-corrected chi connectivity index (χ0v) is 14.0. The van der Waals surface area contributed by atoms with Crippen LogP contribution in [-0.4, -0.2) is 61.7 Å². The van der Waals surface area contributed by atoms with Gasteiger partial charge < -0.3 is 10.2 Å². The first-order valence-electron chi connectivity index (χ1n) is 8.84. The Morgan fingerprint density at radius 3 is 2.50 bits per heavy atom. The molecule has 0 saturated carbocycles. The summed E-state index contributed by atoms with van der Waals surface area (Å²) in [7, 11) is 0. The van der Waals surface area contributed by atoms with Gasteiger partial charge in [-0.2, -0.15) is 0 Å². The molecule has 0 spiro atoms. The lowest BCUT2D eigenvalue weighted by atomic mass is 9.87. The van der Waals surface area contributed by atoms with E-state index in [1.165, 1.54) is 64.8 Å². The van der Waals surface area contributed by atoms with E-state index in [1.54, 1.807) is 0 Å². The fraction of sp³-hybridized carbons (Fsp3) is 1.00. The van der Waals surface area contributed by atoms with Crippen LogP contribution < -0.4 is 5.32 Å². The van der Waals surface area contributed by atoms with Crippen molar-refractivity contribution in [3.63, 3.8) is 0 Å². The first kappa shape index (κ1) is 16.3. The Labute approximate surface area is 126 Å². The molecule has 3 heteroatoms. The maximum Gasteiger partial charge on any atom is 0.0235 e. The lowest BCUT2D eigenvalue weighted by molar-refractivity contribution is 0.141. The Morgan fingerprint density at radius 1 is 1.10 bits per heavy atom. The van der Waals surface area contributed by atoms with Crippen molar-refractivity contribution in [2.24, 2.45) is 5.41 Å². The van der Waals surface area contributed by atoms with Gasteiger partial charge in [0.05, 0.1) is 0 Å². The molecule has 2 fully saturated rings. The van der Waals surface area contributed by atoms with Crippen LogP contribution in [0.2, 0.25) is 0 Å². The number of rotatable bonds is 7. The minimum absolute atomic E-state index is 0.437. The lowest BCUT2D eigenvalue weighted by Gasteiger charge is -2.35. The number of nitrogens with zero attached hydrogens (tertiary/aromatic N) is 2. The molecule has 2 unspecified atom stereocenters.